The van der Waals surface area contributed by atoms with Crippen LogP contribution < -0.4 is 21.3 Å². The Morgan fingerprint density at radius 1 is 1.21 bits per heavy atom. The standard InChI is InChI=1S/C13H10B5N3O3/c1-21-8-3-2-7(19)4-6(8)5-9(10(21)22)24-12(14,15)11(23)20-13(16,17)18/h2-5H,19H2,1H3,(H,20,23). The minimum absolute atomic E-state index is 0.257. The van der Waals surface area contributed by atoms with Crippen molar-refractivity contribution in [2.24, 2.45) is 7.05 Å². The maximum Gasteiger partial charge on any atom is 0.293 e. The van der Waals surface area contributed by atoms with Crippen LogP contribution in [0.1, 0.15) is 0 Å². The third-order valence-corrected chi connectivity index (χ3v) is 3.18. The lowest BCUT2D eigenvalue weighted by Crippen LogP contribution is -2.61. The Labute approximate surface area is 145 Å². The van der Waals surface area contributed by atoms with Gasteiger partial charge in [0, 0.05) is 18.1 Å². The van der Waals surface area contributed by atoms with Crippen LogP contribution in [0, 0.1) is 0 Å². The van der Waals surface area contributed by atoms with Gasteiger partial charge in [-0.2, -0.15) is 0 Å². The zero-order valence-electron chi connectivity index (χ0n) is 12.9. The number of nitrogens with two attached hydrogens (primary N) is 1. The first-order valence-electron chi connectivity index (χ1n) is 6.76. The van der Waals surface area contributed by atoms with Gasteiger partial charge in [-0.1, -0.05) is 5.24 Å². The second-order valence-corrected chi connectivity index (χ2v) is 5.47. The molecule has 2 aromatic rings. The van der Waals surface area contributed by atoms with E-state index in [4.69, 9.17) is 49.7 Å². The lowest BCUT2D eigenvalue weighted by atomic mass is 9.49. The van der Waals surface area contributed by atoms with Gasteiger partial charge in [-0.3, -0.25) is 9.59 Å². The van der Waals surface area contributed by atoms with Crippen LogP contribution in [0.15, 0.2) is 29.1 Å². The highest BCUT2D eigenvalue weighted by atomic mass is 16.5. The molecule has 1 amide bonds. The third-order valence-electron chi connectivity index (χ3n) is 3.18. The largest absolute Gasteiger partial charge is 0.492 e. The van der Waals surface area contributed by atoms with E-state index in [1.165, 1.54) is 17.7 Å². The Bertz CT molecular complexity index is 860. The van der Waals surface area contributed by atoms with Crippen molar-refractivity contribution < 1.29 is 9.53 Å². The quantitative estimate of drug-likeness (QED) is 0.492. The molecule has 1 heterocycles. The number of nitrogens with one attached hydrogen (secondary N) is 1. The summed E-state index contributed by atoms with van der Waals surface area (Å²) in [7, 11) is 28.5. The van der Waals surface area contributed by atoms with Gasteiger partial charge in [0.05, 0.1) is 29.1 Å². The van der Waals surface area contributed by atoms with Crippen molar-refractivity contribution in [3.63, 3.8) is 0 Å². The summed E-state index contributed by atoms with van der Waals surface area (Å²) >= 11 is 0. The van der Waals surface area contributed by atoms with Gasteiger partial charge in [-0.25, -0.2) is 0 Å². The van der Waals surface area contributed by atoms with Crippen molar-refractivity contribution >= 4 is 61.7 Å². The summed E-state index contributed by atoms with van der Waals surface area (Å²) in [6.45, 7) is 0. The number of amides is 1. The zero-order valence-corrected chi connectivity index (χ0v) is 12.9. The first-order chi connectivity index (χ1) is 10.9. The molecule has 0 saturated carbocycles. The van der Waals surface area contributed by atoms with E-state index in [2.05, 4.69) is 0 Å². The van der Waals surface area contributed by atoms with Gasteiger partial charge < -0.3 is 20.4 Å². The number of hydrogen-bond donors (Lipinski definition) is 2. The average Bonchev–Trinajstić information content (AvgIpc) is 2.42. The maximum absolute atomic E-state index is 12.3. The van der Waals surface area contributed by atoms with Crippen LogP contribution in [0.5, 0.6) is 5.75 Å². The molecule has 0 spiro atoms. The number of pyridine rings is 1. The van der Waals surface area contributed by atoms with Crippen molar-refractivity contribution in [3.8, 4) is 5.75 Å². The van der Waals surface area contributed by atoms with Gasteiger partial charge in [0.15, 0.2) is 5.75 Å². The van der Waals surface area contributed by atoms with Crippen LogP contribution in [-0.4, -0.2) is 60.3 Å². The second kappa shape index (κ2) is 6.04. The van der Waals surface area contributed by atoms with E-state index in [0.29, 0.717) is 16.6 Å². The van der Waals surface area contributed by atoms with Crippen LogP contribution in [0.25, 0.3) is 10.9 Å². The van der Waals surface area contributed by atoms with Gasteiger partial charge in [-0.15, -0.1) is 0 Å². The summed E-state index contributed by atoms with van der Waals surface area (Å²) in [4.78, 5) is 24.3. The minimum atomic E-state index is -2.43. The number of carbonyl (C=O) groups is 1. The Morgan fingerprint density at radius 2 is 1.83 bits per heavy atom. The number of ether oxygens (including phenoxy) is 1. The van der Waals surface area contributed by atoms with Gasteiger partial charge in [-0.05, 0) is 24.3 Å². The van der Waals surface area contributed by atoms with Crippen LogP contribution in [0.4, 0.5) is 5.69 Å². The first-order valence-corrected chi connectivity index (χ1v) is 6.76. The van der Waals surface area contributed by atoms with Gasteiger partial charge in [0.25, 0.3) is 5.56 Å². The molecule has 3 N–H and O–H groups in total. The van der Waals surface area contributed by atoms with Crippen molar-refractivity contribution in [3.05, 3.63) is 34.6 Å². The van der Waals surface area contributed by atoms with Crippen LogP contribution in [0.3, 0.4) is 0 Å². The lowest BCUT2D eigenvalue weighted by molar-refractivity contribution is -0.126. The molecular formula is C13H10B5N3O3. The average molecular weight is 310 g/mol. The number of nitrogens with zero attached hydrogens (tertiary/aromatic N) is 1. The van der Waals surface area contributed by atoms with E-state index in [1.807, 2.05) is 5.32 Å². The number of fused-ring (bicyclic) bond motifs is 1. The topological polar surface area (TPSA) is 86.3 Å². The first kappa shape index (κ1) is 18.2. The molecule has 6 nitrogen and oxygen atoms in total. The molecular weight excluding hydrogens is 300 g/mol. The summed E-state index contributed by atoms with van der Waals surface area (Å²) < 4.78 is 6.47. The van der Waals surface area contributed by atoms with Gasteiger partial charge in [0.1, 0.15) is 21.1 Å². The molecule has 10 radical (unpaired) electrons. The van der Waals surface area contributed by atoms with E-state index in [-0.39, 0.29) is 5.75 Å². The fraction of sp³-hybridized carbons (Fsp3) is 0.231. The van der Waals surface area contributed by atoms with Crippen molar-refractivity contribution in [2.75, 3.05) is 5.73 Å². The SMILES string of the molecule is [B]C([B])([B])NC(=O)C([B])([B])Oc1cc2cc(N)ccc2n(C)c1=O. The molecule has 0 bridgehead atoms. The maximum atomic E-state index is 12.3. The molecule has 0 saturated heterocycles. The van der Waals surface area contributed by atoms with Crippen LogP contribution in [0.2, 0.25) is 0 Å². The van der Waals surface area contributed by atoms with E-state index in [0.717, 1.165) is 0 Å². The highest BCUT2D eigenvalue weighted by Gasteiger charge is 2.31. The molecule has 0 unspecified atom stereocenters. The predicted octanol–water partition coefficient (Wildman–Crippen LogP) is -2.28. The van der Waals surface area contributed by atoms with E-state index < -0.39 is 22.1 Å². The van der Waals surface area contributed by atoms with Crippen LogP contribution in [-0.2, 0) is 11.8 Å². The summed E-state index contributed by atoms with van der Waals surface area (Å²) in [5, 5.41) is -1.93. The number of aryl methyl sites for hydroxylation is 1. The van der Waals surface area contributed by atoms with E-state index in [9.17, 15) is 9.59 Å². The smallest absolute Gasteiger partial charge is 0.293 e. The number of nitrogen functional groups attached to an aromatic ring is 1. The number of benzene rings is 1. The van der Waals surface area contributed by atoms with Gasteiger partial charge >= 0.3 is 0 Å². The minimum Gasteiger partial charge on any atom is -0.492 e. The summed E-state index contributed by atoms with van der Waals surface area (Å²) in [6.07, 6.45) is 0. The molecule has 11 heteroatoms. The summed E-state index contributed by atoms with van der Waals surface area (Å²) in [5.74, 6) is -1.36. The molecule has 1 aromatic heterocycles. The Morgan fingerprint density at radius 3 is 2.42 bits per heavy atom. The number of aromatic nitrogens is 1. The van der Waals surface area contributed by atoms with Crippen LogP contribution >= 0.6 is 0 Å². The molecule has 0 aliphatic carbocycles. The molecule has 0 aliphatic heterocycles. The molecule has 1 aromatic carbocycles. The molecule has 110 valence electrons. The molecule has 24 heavy (non-hydrogen) atoms. The summed E-state index contributed by atoms with van der Waals surface area (Å²) in [6, 6.07) is 6.32. The second-order valence-electron chi connectivity index (χ2n) is 5.47. The molecule has 0 atom stereocenters. The number of carbonyl (C=O) groups excluding carboxylic acids is 1. The highest BCUT2D eigenvalue weighted by Crippen LogP contribution is 2.21. The summed E-state index contributed by atoms with van der Waals surface area (Å²) in [5.41, 5.74) is 6.26. The fourth-order valence-corrected chi connectivity index (χ4v) is 2.07. The Kier molecular flexibility index (Phi) is 4.57. The normalized spacial score (nSPS) is 12.0. The lowest BCUT2D eigenvalue weighted by Gasteiger charge is -2.32. The van der Waals surface area contributed by atoms with Crippen molar-refractivity contribution in [1.29, 1.82) is 0 Å². The molecule has 0 aliphatic rings. The molecule has 2 rings (SSSR count). The number of rotatable bonds is 4. The van der Waals surface area contributed by atoms with Crippen molar-refractivity contribution in [1.82, 2.24) is 9.88 Å². The highest BCUT2D eigenvalue weighted by molar-refractivity contribution is 6.61. The Hall–Kier alpha value is -2.18. The number of anilines is 1. The van der Waals surface area contributed by atoms with Crippen molar-refractivity contribution in [2.45, 2.75) is 10.6 Å². The van der Waals surface area contributed by atoms with Gasteiger partial charge in [0.2, 0.25) is 5.91 Å². The molecule has 0 fully saturated rings. The van der Waals surface area contributed by atoms with E-state index in [1.54, 1.807) is 18.2 Å². The van der Waals surface area contributed by atoms with E-state index >= 15 is 0 Å². The predicted molar refractivity (Wildman–Crippen MR) is 96.6 cm³/mol. The monoisotopic (exact) mass is 311 g/mol. The third kappa shape index (κ3) is 3.83. The fourth-order valence-electron chi connectivity index (χ4n) is 2.07. The zero-order chi connectivity index (χ0) is 18.3. The Balaban J connectivity index is 2.44. The number of hydrogen-bond acceptors (Lipinski definition) is 4.